The maximum atomic E-state index is 13.6. The van der Waals surface area contributed by atoms with Crippen molar-refractivity contribution in [1.82, 2.24) is 15.3 Å². The maximum Gasteiger partial charge on any atom is 0.188 e. The summed E-state index contributed by atoms with van der Waals surface area (Å²) in [5.41, 5.74) is 1.27. The van der Waals surface area contributed by atoms with Crippen LogP contribution in [0.5, 0.6) is 11.5 Å². The van der Waals surface area contributed by atoms with Gasteiger partial charge in [-0.2, -0.15) is 0 Å². The molecule has 1 saturated carbocycles. The molecule has 3 fully saturated rings. The molecule has 0 radical (unpaired) electrons. The van der Waals surface area contributed by atoms with Crippen LogP contribution < -0.4 is 20.1 Å². The van der Waals surface area contributed by atoms with Gasteiger partial charge in [-0.15, -0.1) is 0 Å². The minimum absolute atomic E-state index is 0.0336. The summed E-state index contributed by atoms with van der Waals surface area (Å²) in [6, 6.07) is 8.12. The summed E-state index contributed by atoms with van der Waals surface area (Å²) in [5.74, 6) is 1.39. The summed E-state index contributed by atoms with van der Waals surface area (Å²) in [4.78, 5) is 8.73. The van der Waals surface area contributed by atoms with E-state index in [1.165, 1.54) is 18.5 Å². The number of rotatable bonds is 8. The van der Waals surface area contributed by atoms with Crippen molar-refractivity contribution in [1.29, 1.82) is 0 Å². The average Bonchev–Trinajstić information content (AvgIpc) is 3.21. The molecule has 2 N–H and O–H groups in total. The summed E-state index contributed by atoms with van der Waals surface area (Å²) in [5, 5.41) is 7.54. The van der Waals surface area contributed by atoms with Crippen molar-refractivity contribution in [2.24, 2.45) is 5.92 Å². The van der Waals surface area contributed by atoms with E-state index in [1.54, 1.807) is 13.2 Å². The fourth-order valence-electron chi connectivity index (χ4n) is 5.64. The van der Waals surface area contributed by atoms with Crippen LogP contribution in [0.4, 0.5) is 15.9 Å². The van der Waals surface area contributed by atoms with Gasteiger partial charge in [-0.05, 0) is 55.9 Å². The quantitative estimate of drug-likeness (QED) is 0.398. The second-order valence-corrected chi connectivity index (χ2v) is 9.94. The van der Waals surface area contributed by atoms with E-state index in [4.69, 9.17) is 30.5 Å². The van der Waals surface area contributed by atoms with Gasteiger partial charge in [-0.3, -0.25) is 5.32 Å². The number of aromatic nitrogens is 2. The molecule has 3 aromatic rings. The number of methoxy groups -OCH3 is 1. The van der Waals surface area contributed by atoms with Crippen LogP contribution in [0.2, 0.25) is 5.02 Å². The Labute approximate surface area is 213 Å². The molecule has 2 aromatic carbocycles. The first kappa shape index (κ1) is 23.7. The van der Waals surface area contributed by atoms with Gasteiger partial charge in [0.15, 0.2) is 17.3 Å². The van der Waals surface area contributed by atoms with Crippen molar-refractivity contribution >= 4 is 34.0 Å². The van der Waals surface area contributed by atoms with E-state index in [0.29, 0.717) is 47.8 Å². The molecule has 1 aliphatic carbocycles. The molecule has 0 bridgehead atoms. The Kier molecular flexibility index (Phi) is 6.11. The topological polar surface area (TPSA) is 86.8 Å². The zero-order chi connectivity index (χ0) is 24.8. The van der Waals surface area contributed by atoms with Crippen LogP contribution in [0.25, 0.3) is 10.9 Å². The van der Waals surface area contributed by atoms with E-state index >= 15 is 0 Å². The number of hydrogen-bond acceptors (Lipinski definition) is 8. The molecule has 36 heavy (non-hydrogen) atoms. The smallest absolute Gasteiger partial charge is 0.188 e. The van der Waals surface area contributed by atoms with Crippen molar-refractivity contribution in [3.8, 4) is 11.5 Å². The number of nitrogens with zero attached hydrogens (tertiary/aromatic N) is 2. The van der Waals surface area contributed by atoms with Gasteiger partial charge in [-0.25, -0.2) is 14.4 Å². The lowest BCUT2D eigenvalue weighted by Gasteiger charge is -2.29. The predicted molar refractivity (Wildman–Crippen MR) is 133 cm³/mol. The minimum Gasteiger partial charge on any atom is -0.493 e. The second-order valence-electron chi connectivity index (χ2n) is 9.53. The Balaban J connectivity index is 1.14. The first-order valence-corrected chi connectivity index (χ1v) is 12.6. The normalized spacial score (nSPS) is 26.7. The Morgan fingerprint density at radius 2 is 2.14 bits per heavy atom. The summed E-state index contributed by atoms with van der Waals surface area (Å²) < 4.78 is 37.3. The minimum atomic E-state index is -0.477. The zero-order valence-electron chi connectivity index (χ0n) is 20.0. The lowest BCUT2D eigenvalue weighted by molar-refractivity contribution is -0.194. The molecule has 8 nitrogen and oxygen atoms in total. The highest BCUT2D eigenvalue weighted by atomic mass is 35.5. The van der Waals surface area contributed by atoms with Gasteiger partial charge in [0.05, 0.1) is 36.4 Å². The standard InChI is InChI=1S/C26H28ClFN4O4/c1-33-22-12-21-18(24(30-14-29-21)32-17-5-6-20(28)19(27)10-17)11-23(22)34-8-2-4-16-13-25(16)26(36-15-31-25)7-3-9-35-26/h5-6,10-12,14,16,31H,2-4,7-9,13,15H2,1H3,(H,29,30,32). The number of hydrogen-bond donors (Lipinski definition) is 2. The number of anilines is 2. The summed E-state index contributed by atoms with van der Waals surface area (Å²) >= 11 is 5.93. The van der Waals surface area contributed by atoms with Gasteiger partial charge in [0, 0.05) is 23.6 Å². The monoisotopic (exact) mass is 514 g/mol. The summed E-state index contributed by atoms with van der Waals surface area (Å²) in [6.07, 6.45) is 6.48. The maximum absolute atomic E-state index is 13.6. The van der Waals surface area contributed by atoms with Gasteiger partial charge in [-0.1, -0.05) is 11.6 Å². The molecule has 1 aromatic heterocycles. The molecule has 0 amide bonds. The van der Waals surface area contributed by atoms with E-state index < -0.39 is 11.6 Å². The number of ether oxygens (including phenoxy) is 4. The van der Waals surface area contributed by atoms with Gasteiger partial charge >= 0.3 is 0 Å². The summed E-state index contributed by atoms with van der Waals surface area (Å²) in [6.45, 7) is 1.88. The highest BCUT2D eigenvalue weighted by Gasteiger charge is 2.71. The number of fused-ring (bicyclic) bond motifs is 2. The fourth-order valence-corrected chi connectivity index (χ4v) is 5.82. The number of benzene rings is 2. The molecular formula is C26H28ClFN4O4. The van der Waals surface area contributed by atoms with Gasteiger partial charge in [0.1, 0.15) is 24.7 Å². The van der Waals surface area contributed by atoms with Crippen LogP contribution in [0.15, 0.2) is 36.7 Å². The second kappa shape index (κ2) is 9.30. The van der Waals surface area contributed by atoms with E-state index in [-0.39, 0.29) is 10.6 Å². The van der Waals surface area contributed by atoms with Crippen LogP contribution in [-0.2, 0) is 9.47 Å². The van der Waals surface area contributed by atoms with Gasteiger partial charge in [0.2, 0.25) is 0 Å². The van der Waals surface area contributed by atoms with E-state index in [1.807, 2.05) is 12.1 Å². The highest BCUT2D eigenvalue weighted by Crippen LogP contribution is 2.60. The predicted octanol–water partition coefficient (Wildman–Crippen LogP) is 5.18. The molecule has 3 aliphatic rings. The Bertz CT molecular complexity index is 1280. The zero-order valence-corrected chi connectivity index (χ0v) is 20.7. The molecule has 190 valence electrons. The highest BCUT2D eigenvalue weighted by molar-refractivity contribution is 6.31. The molecule has 2 aliphatic heterocycles. The van der Waals surface area contributed by atoms with E-state index in [9.17, 15) is 4.39 Å². The average molecular weight is 515 g/mol. The largest absolute Gasteiger partial charge is 0.493 e. The fraction of sp³-hybridized carbons (Fsp3) is 0.462. The number of nitrogens with one attached hydrogen (secondary N) is 2. The van der Waals surface area contributed by atoms with Crippen LogP contribution in [-0.4, -0.2) is 48.3 Å². The molecular weight excluding hydrogens is 487 g/mol. The molecule has 2 spiro atoms. The first-order valence-electron chi connectivity index (χ1n) is 12.2. The van der Waals surface area contributed by atoms with Gasteiger partial charge < -0.3 is 24.3 Å². The lowest BCUT2D eigenvalue weighted by atomic mass is 9.98. The molecule has 3 unspecified atom stereocenters. The molecule has 10 heteroatoms. The Morgan fingerprint density at radius 3 is 2.94 bits per heavy atom. The van der Waals surface area contributed by atoms with Crippen molar-refractivity contribution in [2.45, 2.75) is 43.4 Å². The van der Waals surface area contributed by atoms with Crippen molar-refractivity contribution < 1.29 is 23.3 Å². The SMILES string of the molecule is COc1cc2ncnc(Nc3ccc(F)c(Cl)c3)c2cc1OCCCC1CC12NCOC21CCCO1. The molecule has 6 rings (SSSR count). The third-order valence-corrected chi connectivity index (χ3v) is 7.81. The first-order chi connectivity index (χ1) is 17.5. The van der Waals surface area contributed by atoms with E-state index in [2.05, 4.69) is 20.6 Å². The van der Waals surface area contributed by atoms with Crippen LogP contribution >= 0.6 is 11.6 Å². The summed E-state index contributed by atoms with van der Waals surface area (Å²) in [7, 11) is 1.61. The van der Waals surface area contributed by atoms with Crippen molar-refractivity contribution in [3.05, 3.63) is 47.5 Å². The van der Waals surface area contributed by atoms with Gasteiger partial charge in [0.25, 0.3) is 0 Å². The molecule has 3 atom stereocenters. The molecule has 3 heterocycles. The van der Waals surface area contributed by atoms with Crippen LogP contribution in [0, 0.1) is 11.7 Å². The van der Waals surface area contributed by atoms with Crippen molar-refractivity contribution in [2.75, 3.05) is 32.4 Å². The molecule has 2 saturated heterocycles. The third-order valence-electron chi connectivity index (χ3n) is 7.52. The Morgan fingerprint density at radius 1 is 1.22 bits per heavy atom. The lowest BCUT2D eigenvalue weighted by Crippen LogP contribution is -2.47. The Hall–Kier alpha value is -2.72. The van der Waals surface area contributed by atoms with Crippen LogP contribution in [0.3, 0.4) is 0 Å². The number of halogens is 2. The van der Waals surface area contributed by atoms with Crippen molar-refractivity contribution in [3.63, 3.8) is 0 Å². The third kappa shape index (κ3) is 4.04. The van der Waals surface area contributed by atoms with Crippen LogP contribution in [0.1, 0.15) is 32.1 Å². The van der Waals surface area contributed by atoms with E-state index in [0.717, 1.165) is 44.1 Å².